The van der Waals surface area contributed by atoms with Crippen LogP contribution < -0.4 is 15.4 Å². The maximum Gasteiger partial charge on any atom is 0.257 e. The number of ether oxygens (including phenoxy) is 2. The van der Waals surface area contributed by atoms with Crippen molar-refractivity contribution in [1.29, 1.82) is 0 Å². The third kappa shape index (κ3) is 6.56. The van der Waals surface area contributed by atoms with E-state index in [2.05, 4.69) is 17.6 Å². The van der Waals surface area contributed by atoms with Crippen LogP contribution >= 0.6 is 0 Å². The van der Waals surface area contributed by atoms with Crippen LogP contribution in [0.4, 0.5) is 5.69 Å². The van der Waals surface area contributed by atoms with Crippen LogP contribution in [0.1, 0.15) is 34.6 Å². The molecule has 0 saturated carbocycles. The number of hydrogen-bond donors (Lipinski definition) is 2. The highest BCUT2D eigenvalue weighted by Crippen LogP contribution is 2.27. The quantitative estimate of drug-likeness (QED) is 0.542. The van der Waals surface area contributed by atoms with E-state index in [1.165, 1.54) is 0 Å². The van der Waals surface area contributed by atoms with Gasteiger partial charge < -0.3 is 25.0 Å². The van der Waals surface area contributed by atoms with E-state index in [9.17, 15) is 9.59 Å². The van der Waals surface area contributed by atoms with E-state index < -0.39 is 0 Å². The number of anilines is 1. The molecule has 7 heteroatoms. The van der Waals surface area contributed by atoms with Crippen LogP contribution in [0.5, 0.6) is 5.75 Å². The molecule has 0 saturated heterocycles. The second-order valence-electron chi connectivity index (χ2n) is 9.67. The van der Waals surface area contributed by atoms with Crippen molar-refractivity contribution in [2.24, 2.45) is 5.92 Å². The summed E-state index contributed by atoms with van der Waals surface area (Å²) >= 11 is 0. The molecule has 0 aliphatic carbocycles. The van der Waals surface area contributed by atoms with Crippen LogP contribution in [0.2, 0.25) is 0 Å². The average molecular weight is 502 g/mol. The minimum Gasteiger partial charge on any atom is -0.491 e. The first kappa shape index (κ1) is 26.4. The van der Waals surface area contributed by atoms with Gasteiger partial charge in [0.15, 0.2) is 0 Å². The first-order valence-electron chi connectivity index (χ1n) is 12.6. The van der Waals surface area contributed by atoms with Crippen LogP contribution in [0.15, 0.2) is 72.8 Å². The van der Waals surface area contributed by atoms with Crippen LogP contribution in [0.25, 0.3) is 11.1 Å². The summed E-state index contributed by atoms with van der Waals surface area (Å²) in [4.78, 5) is 27.9. The van der Waals surface area contributed by atoms with Crippen molar-refractivity contribution in [3.8, 4) is 16.9 Å². The van der Waals surface area contributed by atoms with Crippen molar-refractivity contribution >= 4 is 17.5 Å². The highest BCUT2D eigenvalue weighted by atomic mass is 16.5. The number of likely N-dealkylation sites (N-methyl/N-ethyl adjacent to an activating group) is 1. The van der Waals surface area contributed by atoms with E-state index in [-0.39, 0.29) is 29.9 Å². The zero-order valence-electron chi connectivity index (χ0n) is 21.9. The molecule has 0 bridgehead atoms. The molecule has 194 valence electrons. The summed E-state index contributed by atoms with van der Waals surface area (Å²) in [6.07, 6.45) is -0.0933. The summed E-state index contributed by atoms with van der Waals surface area (Å²) in [5, 5.41) is 6.41. The Bertz CT molecular complexity index is 1210. The van der Waals surface area contributed by atoms with E-state index in [4.69, 9.17) is 9.47 Å². The van der Waals surface area contributed by atoms with Crippen LogP contribution in [-0.2, 0) is 4.74 Å². The predicted molar refractivity (Wildman–Crippen MR) is 146 cm³/mol. The Labute approximate surface area is 218 Å². The van der Waals surface area contributed by atoms with Gasteiger partial charge in [0.25, 0.3) is 11.8 Å². The smallest absolute Gasteiger partial charge is 0.257 e. The predicted octanol–water partition coefficient (Wildman–Crippen LogP) is 4.70. The zero-order chi connectivity index (χ0) is 26.4. The first-order valence-corrected chi connectivity index (χ1v) is 12.6. The summed E-state index contributed by atoms with van der Waals surface area (Å²) in [6.45, 7) is 5.74. The van der Waals surface area contributed by atoms with Crippen molar-refractivity contribution in [3.63, 3.8) is 0 Å². The molecule has 7 nitrogen and oxygen atoms in total. The minimum absolute atomic E-state index is 0.0708. The Morgan fingerprint density at radius 1 is 1.03 bits per heavy atom. The number of carbonyl (C=O) groups is 2. The Balaban J connectivity index is 1.53. The molecule has 3 atom stereocenters. The van der Waals surface area contributed by atoms with Crippen molar-refractivity contribution in [1.82, 2.24) is 10.2 Å². The monoisotopic (exact) mass is 501 g/mol. The molecule has 1 heterocycles. The molecule has 0 aromatic heterocycles. The number of amides is 2. The van der Waals surface area contributed by atoms with Crippen LogP contribution in [-0.4, -0.2) is 62.7 Å². The van der Waals surface area contributed by atoms with E-state index >= 15 is 0 Å². The van der Waals surface area contributed by atoms with E-state index in [1.54, 1.807) is 49.4 Å². The maximum absolute atomic E-state index is 13.3. The molecule has 3 aromatic rings. The lowest BCUT2D eigenvalue weighted by Gasteiger charge is -2.30. The number of benzene rings is 3. The van der Waals surface area contributed by atoms with Crippen molar-refractivity contribution < 1.29 is 19.1 Å². The molecule has 0 radical (unpaired) electrons. The standard InChI is InChI=1S/C30H35N3O4/c1-20-17-31-21(2)19-37-27-16-25(14-15-26(27)30(35)33(3)18-28(20)36-4)32-29(34)24-12-10-23(11-13-24)22-8-6-5-7-9-22/h5-16,20-21,28,31H,17-19H2,1-4H3,(H,32,34)/t20-,21+,28-/m1/s1. The second kappa shape index (κ2) is 12.0. The summed E-state index contributed by atoms with van der Waals surface area (Å²) in [7, 11) is 3.44. The highest BCUT2D eigenvalue weighted by Gasteiger charge is 2.25. The number of methoxy groups -OCH3 is 1. The van der Waals surface area contributed by atoms with Crippen LogP contribution in [0.3, 0.4) is 0 Å². The van der Waals surface area contributed by atoms with Gasteiger partial charge in [-0.2, -0.15) is 0 Å². The molecule has 37 heavy (non-hydrogen) atoms. The number of fused-ring (bicyclic) bond motifs is 1. The van der Waals surface area contributed by atoms with Gasteiger partial charge in [-0.25, -0.2) is 0 Å². The third-order valence-corrected chi connectivity index (χ3v) is 6.74. The molecule has 2 amide bonds. The lowest BCUT2D eigenvalue weighted by molar-refractivity contribution is 0.0281. The third-order valence-electron chi connectivity index (χ3n) is 6.74. The van der Waals surface area contributed by atoms with Gasteiger partial charge in [0.2, 0.25) is 0 Å². The lowest BCUT2D eigenvalue weighted by Crippen LogP contribution is -2.44. The van der Waals surface area contributed by atoms with Crippen molar-refractivity contribution in [3.05, 3.63) is 83.9 Å². The molecule has 0 unspecified atom stereocenters. The largest absolute Gasteiger partial charge is 0.491 e. The lowest BCUT2D eigenvalue weighted by atomic mass is 10.0. The number of hydrogen-bond acceptors (Lipinski definition) is 5. The van der Waals surface area contributed by atoms with Gasteiger partial charge in [0, 0.05) is 50.6 Å². The molecule has 1 aliphatic heterocycles. The summed E-state index contributed by atoms with van der Waals surface area (Å²) in [5.74, 6) is 0.272. The SMILES string of the molecule is CO[C@@H]1CN(C)C(=O)c2ccc(NC(=O)c3ccc(-c4ccccc4)cc3)cc2OC[C@H](C)NC[C@H]1C. The molecule has 1 aliphatic rings. The maximum atomic E-state index is 13.3. The molecule has 4 rings (SSSR count). The van der Waals surface area contributed by atoms with Gasteiger partial charge in [-0.1, -0.05) is 49.4 Å². The van der Waals surface area contributed by atoms with E-state index in [0.717, 1.165) is 17.7 Å². The fraction of sp³-hybridized carbons (Fsp3) is 0.333. The topological polar surface area (TPSA) is 79.9 Å². The average Bonchev–Trinajstić information content (AvgIpc) is 2.93. The normalized spacial score (nSPS) is 20.7. The minimum atomic E-state index is -0.233. The van der Waals surface area contributed by atoms with E-state index in [1.807, 2.05) is 49.4 Å². The van der Waals surface area contributed by atoms with E-state index in [0.29, 0.717) is 35.7 Å². The Morgan fingerprint density at radius 3 is 2.43 bits per heavy atom. The zero-order valence-corrected chi connectivity index (χ0v) is 21.9. The molecule has 3 aromatic carbocycles. The Kier molecular flexibility index (Phi) is 8.58. The van der Waals surface area contributed by atoms with Gasteiger partial charge in [0.1, 0.15) is 12.4 Å². The summed E-state index contributed by atoms with van der Waals surface area (Å²) in [5.41, 5.74) is 3.68. The molecule has 0 spiro atoms. The molecule has 2 N–H and O–H groups in total. The van der Waals surface area contributed by atoms with Crippen LogP contribution in [0, 0.1) is 5.92 Å². The molecule has 0 fully saturated rings. The van der Waals surface area contributed by atoms with Crippen molar-refractivity contribution in [2.75, 3.05) is 39.2 Å². The number of rotatable bonds is 4. The van der Waals surface area contributed by atoms with Crippen molar-refractivity contribution in [2.45, 2.75) is 26.0 Å². The Hall–Kier alpha value is -3.68. The summed E-state index contributed by atoms with van der Waals surface area (Å²) < 4.78 is 11.8. The van der Waals surface area contributed by atoms with Gasteiger partial charge >= 0.3 is 0 Å². The fourth-order valence-corrected chi connectivity index (χ4v) is 4.38. The van der Waals surface area contributed by atoms with Gasteiger partial charge in [-0.15, -0.1) is 0 Å². The van der Waals surface area contributed by atoms with Gasteiger partial charge in [-0.05, 0) is 48.2 Å². The van der Waals surface area contributed by atoms with Gasteiger partial charge in [0.05, 0.1) is 11.7 Å². The molecular formula is C30H35N3O4. The summed E-state index contributed by atoms with van der Waals surface area (Å²) in [6, 6.07) is 22.7. The number of carbonyl (C=O) groups excluding carboxylic acids is 2. The second-order valence-corrected chi connectivity index (χ2v) is 9.67. The number of nitrogens with zero attached hydrogens (tertiary/aromatic N) is 1. The fourth-order valence-electron chi connectivity index (χ4n) is 4.38. The number of nitrogens with one attached hydrogen (secondary N) is 2. The Morgan fingerprint density at radius 2 is 1.73 bits per heavy atom. The highest BCUT2D eigenvalue weighted by molar-refractivity contribution is 6.05. The first-order chi connectivity index (χ1) is 17.9. The van der Waals surface area contributed by atoms with Gasteiger partial charge in [-0.3, -0.25) is 9.59 Å². The molecular weight excluding hydrogens is 466 g/mol.